The topological polar surface area (TPSA) is 29.9 Å². The fraction of sp³-hybridized carbons (Fsp3) is 0.615. The van der Waals surface area contributed by atoms with E-state index in [0.29, 0.717) is 6.04 Å². The number of nitrogens with one attached hydrogen (secondary N) is 1. The van der Waals surface area contributed by atoms with Gasteiger partial charge in [-0.05, 0) is 31.9 Å². The van der Waals surface area contributed by atoms with Crippen LogP contribution in [0.1, 0.15) is 44.8 Å². The molecule has 0 spiro atoms. The molecule has 3 nitrogen and oxygen atoms in total. The highest BCUT2D eigenvalue weighted by Crippen LogP contribution is 2.14. The third kappa shape index (κ3) is 3.81. The Morgan fingerprint density at radius 2 is 2.25 bits per heavy atom. The predicted molar refractivity (Wildman–Crippen MR) is 68.4 cm³/mol. The van der Waals surface area contributed by atoms with Crippen LogP contribution in [0.25, 0.3) is 0 Å². The summed E-state index contributed by atoms with van der Waals surface area (Å²) in [5.74, 6) is 0. The van der Waals surface area contributed by atoms with Crippen molar-refractivity contribution in [2.24, 2.45) is 0 Å². The van der Waals surface area contributed by atoms with E-state index in [2.05, 4.69) is 47.8 Å². The zero-order valence-electron chi connectivity index (χ0n) is 10.4. The molecule has 90 valence electrons. The minimum absolute atomic E-state index is 0.543. The Labute approximate surface area is 98.5 Å². The predicted octanol–water partition coefficient (Wildman–Crippen LogP) is 2.91. The summed E-state index contributed by atoms with van der Waals surface area (Å²) in [6, 6.07) is 2.64. The summed E-state index contributed by atoms with van der Waals surface area (Å²) in [5.41, 5.74) is 1.12. The first-order chi connectivity index (χ1) is 7.81. The van der Waals surface area contributed by atoms with Gasteiger partial charge in [-0.2, -0.15) is 5.10 Å². The summed E-state index contributed by atoms with van der Waals surface area (Å²) in [7, 11) is 0. The zero-order chi connectivity index (χ0) is 11.8. The van der Waals surface area contributed by atoms with Gasteiger partial charge in [-0.3, -0.25) is 4.68 Å². The molecule has 1 rings (SSSR count). The molecule has 1 aromatic rings. The molecule has 0 aliphatic carbocycles. The molecule has 0 radical (unpaired) electrons. The summed E-state index contributed by atoms with van der Waals surface area (Å²) in [5, 5.41) is 7.92. The Morgan fingerprint density at radius 3 is 2.88 bits per heavy atom. The molecule has 0 aliphatic rings. The highest BCUT2D eigenvalue weighted by Gasteiger charge is 2.07. The Balaban J connectivity index is 2.41. The third-order valence-corrected chi connectivity index (χ3v) is 2.81. The van der Waals surface area contributed by atoms with Crippen molar-refractivity contribution in [3.05, 3.63) is 30.6 Å². The van der Waals surface area contributed by atoms with Gasteiger partial charge in [-0.1, -0.05) is 19.9 Å². The van der Waals surface area contributed by atoms with Crippen LogP contribution in [0, 0.1) is 0 Å². The zero-order valence-corrected chi connectivity index (χ0v) is 10.4. The molecule has 0 aliphatic heterocycles. The molecule has 0 saturated carbocycles. The average molecular weight is 221 g/mol. The Morgan fingerprint density at radius 1 is 1.50 bits per heavy atom. The number of rotatable bonds is 8. The van der Waals surface area contributed by atoms with Crippen LogP contribution in [0.4, 0.5) is 0 Å². The summed E-state index contributed by atoms with van der Waals surface area (Å²) in [6.07, 6.45) is 7.30. The van der Waals surface area contributed by atoms with Gasteiger partial charge in [-0.25, -0.2) is 0 Å². The third-order valence-electron chi connectivity index (χ3n) is 2.81. The first kappa shape index (κ1) is 13.0. The van der Waals surface area contributed by atoms with Crippen molar-refractivity contribution in [1.29, 1.82) is 0 Å². The molecule has 0 aromatic carbocycles. The number of aromatic nitrogens is 2. The minimum atomic E-state index is 0.543. The van der Waals surface area contributed by atoms with E-state index in [1.807, 2.05) is 6.08 Å². The monoisotopic (exact) mass is 221 g/mol. The number of hydrogen-bond acceptors (Lipinski definition) is 2. The van der Waals surface area contributed by atoms with Crippen LogP contribution in [0.5, 0.6) is 0 Å². The largest absolute Gasteiger partial charge is 0.311 e. The molecule has 16 heavy (non-hydrogen) atoms. The highest BCUT2D eigenvalue weighted by molar-refractivity contribution is 4.99. The van der Waals surface area contributed by atoms with E-state index in [-0.39, 0.29) is 0 Å². The lowest BCUT2D eigenvalue weighted by atomic mass is 10.2. The van der Waals surface area contributed by atoms with Gasteiger partial charge in [-0.15, -0.1) is 6.58 Å². The molecule has 0 atom stereocenters. The van der Waals surface area contributed by atoms with Gasteiger partial charge in [0.2, 0.25) is 0 Å². The molecular weight excluding hydrogens is 198 g/mol. The second kappa shape index (κ2) is 7.23. The Kier molecular flexibility index (Phi) is 5.86. The normalized spacial score (nSPS) is 10.9. The van der Waals surface area contributed by atoms with Gasteiger partial charge < -0.3 is 5.32 Å². The van der Waals surface area contributed by atoms with Crippen LogP contribution in [0.3, 0.4) is 0 Å². The van der Waals surface area contributed by atoms with Crippen molar-refractivity contribution < 1.29 is 0 Å². The van der Waals surface area contributed by atoms with Gasteiger partial charge in [0.15, 0.2) is 0 Å². The van der Waals surface area contributed by atoms with Crippen LogP contribution >= 0.6 is 0 Å². The van der Waals surface area contributed by atoms with E-state index in [9.17, 15) is 0 Å². The van der Waals surface area contributed by atoms with E-state index in [0.717, 1.165) is 38.0 Å². The lowest BCUT2D eigenvalue weighted by Gasteiger charge is -2.12. The van der Waals surface area contributed by atoms with Gasteiger partial charge in [0.1, 0.15) is 0 Å². The summed E-state index contributed by atoms with van der Waals surface area (Å²) in [4.78, 5) is 0. The molecule has 0 bridgehead atoms. The quantitative estimate of drug-likeness (QED) is 0.540. The van der Waals surface area contributed by atoms with Crippen LogP contribution < -0.4 is 5.32 Å². The molecule has 1 heterocycles. The maximum absolute atomic E-state index is 4.58. The molecular formula is C13H23N3. The second-order valence-corrected chi connectivity index (χ2v) is 4.01. The van der Waals surface area contributed by atoms with E-state index in [4.69, 9.17) is 0 Å². The SMILES string of the molecule is C=CCCNCc1ccn(C(CC)CC)n1. The Bertz CT molecular complexity index is 300. The van der Waals surface area contributed by atoms with E-state index >= 15 is 0 Å². The molecule has 0 saturated heterocycles. The van der Waals surface area contributed by atoms with Gasteiger partial charge in [0.25, 0.3) is 0 Å². The lowest BCUT2D eigenvalue weighted by molar-refractivity contribution is 0.424. The molecule has 3 heteroatoms. The fourth-order valence-corrected chi connectivity index (χ4v) is 1.76. The Hall–Kier alpha value is -1.09. The highest BCUT2D eigenvalue weighted by atomic mass is 15.3. The second-order valence-electron chi connectivity index (χ2n) is 4.01. The van der Waals surface area contributed by atoms with E-state index < -0.39 is 0 Å². The van der Waals surface area contributed by atoms with Crippen molar-refractivity contribution in [3.63, 3.8) is 0 Å². The van der Waals surface area contributed by atoms with E-state index in [1.165, 1.54) is 0 Å². The molecule has 1 N–H and O–H groups in total. The minimum Gasteiger partial charge on any atom is -0.311 e. The molecule has 0 unspecified atom stereocenters. The van der Waals surface area contributed by atoms with Crippen LogP contribution in [-0.4, -0.2) is 16.3 Å². The summed E-state index contributed by atoms with van der Waals surface area (Å²) in [6.45, 7) is 9.93. The number of hydrogen-bond donors (Lipinski definition) is 1. The van der Waals surface area contributed by atoms with Crippen molar-refractivity contribution in [1.82, 2.24) is 15.1 Å². The first-order valence-corrected chi connectivity index (χ1v) is 6.17. The standard InChI is InChI=1S/C13H23N3/c1-4-7-9-14-11-12-8-10-16(15-12)13(5-2)6-3/h4,8,10,13-14H,1,5-7,9,11H2,2-3H3. The average Bonchev–Trinajstić information content (AvgIpc) is 2.75. The smallest absolute Gasteiger partial charge is 0.0762 e. The van der Waals surface area contributed by atoms with Crippen molar-refractivity contribution in [2.45, 2.75) is 45.7 Å². The maximum atomic E-state index is 4.58. The van der Waals surface area contributed by atoms with Crippen molar-refractivity contribution >= 4 is 0 Å². The lowest BCUT2D eigenvalue weighted by Crippen LogP contribution is -2.15. The van der Waals surface area contributed by atoms with E-state index in [1.54, 1.807) is 0 Å². The molecule has 1 aromatic heterocycles. The fourth-order valence-electron chi connectivity index (χ4n) is 1.76. The maximum Gasteiger partial charge on any atom is 0.0762 e. The summed E-state index contributed by atoms with van der Waals surface area (Å²) < 4.78 is 2.09. The van der Waals surface area contributed by atoms with Crippen LogP contribution in [0.2, 0.25) is 0 Å². The first-order valence-electron chi connectivity index (χ1n) is 6.17. The summed E-state index contributed by atoms with van der Waals surface area (Å²) >= 11 is 0. The van der Waals surface area contributed by atoms with Crippen molar-refractivity contribution in [3.8, 4) is 0 Å². The molecule has 0 amide bonds. The van der Waals surface area contributed by atoms with Crippen molar-refractivity contribution in [2.75, 3.05) is 6.54 Å². The number of nitrogens with zero attached hydrogens (tertiary/aromatic N) is 2. The molecule has 0 fully saturated rings. The van der Waals surface area contributed by atoms with Gasteiger partial charge >= 0.3 is 0 Å². The van der Waals surface area contributed by atoms with Crippen LogP contribution in [-0.2, 0) is 6.54 Å². The van der Waals surface area contributed by atoms with Gasteiger partial charge in [0.05, 0.1) is 11.7 Å². The van der Waals surface area contributed by atoms with Gasteiger partial charge in [0, 0.05) is 12.7 Å². The van der Waals surface area contributed by atoms with Crippen LogP contribution in [0.15, 0.2) is 24.9 Å².